The van der Waals surface area contributed by atoms with Crippen molar-refractivity contribution in [2.45, 2.75) is 24.6 Å². The Bertz CT molecular complexity index is 1020. The van der Waals surface area contributed by atoms with Gasteiger partial charge in [-0.3, -0.25) is 0 Å². The van der Waals surface area contributed by atoms with E-state index in [2.05, 4.69) is 9.71 Å². The molecule has 27 heavy (non-hydrogen) atoms. The topological polar surface area (TPSA) is 75.4 Å². The Hall–Kier alpha value is -2.09. The van der Waals surface area contributed by atoms with Crippen LogP contribution >= 0.6 is 11.6 Å². The van der Waals surface area contributed by atoms with E-state index in [1.54, 1.807) is 24.3 Å². The van der Waals surface area contributed by atoms with Gasteiger partial charge in [0.25, 0.3) is 6.01 Å². The van der Waals surface area contributed by atoms with Crippen LogP contribution in [0.25, 0.3) is 11.1 Å². The number of rotatable bonds is 6. The van der Waals surface area contributed by atoms with Crippen molar-refractivity contribution in [2.75, 3.05) is 18.0 Å². The average Bonchev–Trinajstić information content (AvgIpc) is 3.26. The molecule has 1 atom stereocenters. The summed E-state index contributed by atoms with van der Waals surface area (Å²) in [5.74, 6) is -0.0941. The predicted octanol–water partition coefficient (Wildman–Crippen LogP) is 3.57. The Morgan fingerprint density at radius 1 is 1.22 bits per heavy atom. The van der Waals surface area contributed by atoms with E-state index in [0.29, 0.717) is 23.1 Å². The number of nitrogens with zero attached hydrogens (tertiary/aromatic N) is 2. The van der Waals surface area contributed by atoms with Crippen molar-refractivity contribution in [3.63, 3.8) is 0 Å². The zero-order chi connectivity index (χ0) is 18.9. The lowest BCUT2D eigenvalue weighted by Gasteiger charge is -2.23. The number of aromatic nitrogens is 1. The number of benzene rings is 2. The first kappa shape index (κ1) is 18.3. The van der Waals surface area contributed by atoms with Crippen LogP contribution in [0, 0.1) is 0 Å². The van der Waals surface area contributed by atoms with Crippen molar-refractivity contribution in [3.05, 3.63) is 59.1 Å². The molecule has 8 heteroatoms. The first-order valence-corrected chi connectivity index (χ1v) is 10.9. The van der Waals surface area contributed by atoms with Crippen LogP contribution in [0.3, 0.4) is 0 Å². The van der Waals surface area contributed by atoms with Crippen LogP contribution in [0.15, 0.2) is 52.9 Å². The van der Waals surface area contributed by atoms with Gasteiger partial charge in [-0.15, -0.1) is 0 Å². The van der Waals surface area contributed by atoms with Gasteiger partial charge >= 0.3 is 0 Å². The third-order valence-corrected chi connectivity index (χ3v) is 6.24. The molecular weight excluding hydrogens is 386 g/mol. The molecule has 1 saturated heterocycles. The summed E-state index contributed by atoms with van der Waals surface area (Å²) in [4.78, 5) is 6.58. The molecule has 1 aliphatic rings. The fraction of sp³-hybridized carbons (Fsp3) is 0.316. The van der Waals surface area contributed by atoms with Gasteiger partial charge in [-0.2, -0.15) is 4.98 Å². The predicted molar refractivity (Wildman–Crippen MR) is 106 cm³/mol. The van der Waals surface area contributed by atoms with E-state index in [-0.39, 0.29) is 11.8 Å². The minimum Gasteiger partial charge on any atom is -0.423 e. The highest BCUT2D eigenvalue weighted by molar-refractivity contribution is 7.88. The maximum Gasteiger partial charge on any atom is 0.298 e. The number of oxazole rings is 1. The number of hydrogen-bond donors (Lipinski definition) is 1. The van der Waals surface area contributed by atoms with E-state index in [1.165, 1.54) is 0 Å². The van der Waals surface area contributed by atoms with Gasteiger partial charge in [0.2, 0.25) is 10.0 Å². The number of fused-ring (bicyclic) bond motifs is 1. The second-order valence-corrected chi connectivity index (χ2v) is 8.93. The minimum absolute atomic E-state index is 0.0206. The number of sulfonamides is 1. The summed E-state index contributed by atoms with van der Waals surface area (Å²) in [7, 11) is -3.46. The number of hydrogen-bond acceptors (Lipinski definition) is 5. The van der Waals surface area contributed by atoms with Gasteiger partial charge in [-0.25, -0.2) is 13.1 Å². The lowest BCUT2D eigenvalue weighted by molar-refractivity contribution is 0.533. The van der Waals surface area contributed by atoms with E-state index in [9.17, 15) is 8.42 Å². The van der Waals surface area contributed by atoms with Gasteiger partial charge in [0.05, 0.1) is 5.75 Å². The Labute approximate surface area is 163 Å². The second-order valence-electron chi connectivity index (χ2n) is 6.69. The van der Waals surface area contributed by atoms with Crippen LogP contribution in [0.5, 0.6) is 0 Å². The molecule has 4 rings (SSSR count). The normalized spacial score (nSPS) is 17.7. The number of para-hydroxylation sites is 2. The summed E-state index contributed by atoms with van der Waals surface area (Å²) < 4.78 is 33.4. The molecule has 0 amide bonds. The molecule has 1 aliphatic heterocycles. The third kappa shape index (κ3) is 4.26. The van der Waals surface area contributed by atoms with E-state index in [4.69, 9.17) is 16.0 Å². The van der Waals surface area contributed by atoms with Gasteiger partial charge in [-0.05, 0) is 42.7 Å². The highest BCUT2D eigenvalue weighted by Gasteiger charge is 2.29. The largest absolute Gasteiger partial charge is 0.423 e. The smallest absolute Gasteiger partial charge is 0.298 e. The standard InChI is InChI=1S/C19H20ClN3O3S/c20-15-6-3-5-14(11-15)13-27(24,25)21-12-16-7-4-10-23(16)19-22-17-8-1-2-9-18(17)26-19/h1-3,5-6,8-9,11,16,21H,4,7,10,12-13H2. The van der Waals surface area contributed by atoms with Gasteiger partial charge in [0.1, 0.15) is 5.52 Å². The molecule has 6 nitrogen and oxygen atoms in total. The van der Waals surface area contributed by atoms with Crippen LogP contribution < -0.4 is 9.62 Å². The molecule has 0 bridgehead atoms. The quantitative estimate of drug-likeness (QED) is 0.678. The molecule has 1 unspecified atom stereocenters. The zero-order valence-electron chi connectivity index (χ0n) is 14.6. The van der Waals surface area contributed by atoms with Gasteiger partial charge in [-0.1, -0.05) is 35.9 Å². The summed E-state index contributed by atoms with van der Waals surface area (Å²) in [5.41, 5.74) is 2.21. The van der Waals surface area contributed by atoms with Gasteiger partial charge in [0.15, 0.2) is 5.58 Å². The molecule has 2 heterocycles. The molecule has 0 saturated carbocycles. The highest BCUT2D eigenvalue weighted by atomic mass is 35.5. The average molecular weight is 406 g/mol. The molecule has 1 N–H and O–H groups in total. The van der Waals surface area contributed by atoms with Crippen molar-refractivity contribution >= 4 is 38.7 Å². The van der Waals surface area contributed by atoms with E-state index < -0.39 is 10.0 Å². The van der Waals surface area contributed by atoms with Crippen molar-refractivity contribution in [1.29, 1.82) is 0 Å². The summed E-state index contributed by atoms with van der Waals surface area (Å²) in [6.07, 6.45) is 1.86. The second kappa shape index (κ2) is 7.50. The van der Waals surface area contributed by atoms with Crippen LogP contribution in [0.1, 0.15) is 18.4 Å². The summed E-state index contributed by atoms with van der Waals surface area (Å²) >= 11 is 5.94. The molecule has 0 aliphatic carbocycles. The van der Waals surface area contributed by atoms with Crippen LogP contribution in [-0.4, -0.2) is 32.5 Å². The van der Waals surface area contributed by atoms with Crippen molar-refractivity contribution in [2.24, 2.45) is 0 Å². The fourth-order valence-electron chi connectivity index (χ4n) is 3.40. The van der Waals surface area contributed by atoms with Crippen molar-refractivity contribution in [3.8, 4) is 0 Å². The lowest BCUT2D eigenvalue weighted by atomic mass is 10.2. The van der Waals surface area contributed by atoms with E-state index in [0.717, 1.165) is 30.5 Å². The summed E-state index contributed by atoms with van der Waals surface area (Å²) in [5, 5.41) is 0.528. The summed E-state index contributed by atoms with van der Waals surface area (Å²) in [6.45, 7) is 1.12. The molecule has 1 fully saturated rings. The third-order valence-electron chi connectivity index (χ3n) is 4.69. The fourth-order valence-corrected chi connectivity index (χ4v) is 4.78. The monoisotopic (exact) mass is 405 g/mol. The molecule has 1 aromatic heterocycles. The number of halogens is 1. The highest BCUT2D eigenvalue weighted by Crippen LogP contribution is 2.28. The first-order chi connectivity index (χ1) is 13.0. The maximum absolute atomic E-state index is 12.4. The Balaban J connectivity index is 1.43. The molecule has 2 aromatic carbocycles. The molecule has 0 radical (unpaired) electrons. The minimum atomic E-state index is -3.46. The van der Waals surface area contributed by atoms with E-state index in [1.807, 2.05) is 29.2 Å². The SMILES string of the molecule is O=S(=O)(Cc1cccc(Cl)c1)NCC1CCCN1c1nc2ccccc2o1. The molecule has 3 aromatic rings. The van der Waals surface area contributed by atoms with Crippen molar-refractivity contribution in [1.82, 2.24) is 9.71 Å². The Morgan fingerprint density at radius 2 is 2.07 bits per heavy atom. The van der Waals surface area contributed by atoms with Crippen molar-refractivity contribution < 1.29 is 12.8 Å². The van der Waals surface area contributed by atoms with Gasteiger partial charge in [0, 0.05) is 24.2 Å². The van der Waals surface area contributed by atoms with E-state index >= 15 is 0 Å². The van der Waals surface area contributed by atoms with Crippen LogP contribution in [0.2, 0.25) is 5.02 Å². The molecular formula is C19H20ClN3O3S. The number of anilines is 1. The van der Waals surface area contributed by atoms with Gasteiger partial charge < -0.3 is 9.32 Å². The van der Waals surface area contributed by atoms with Crippen LogP contribution in [0.4, 0.5) is 6.01 Å². The Morgan fingerprint density at radius 3 is 2.89 bits per heavy atom. The zero-order valence-corrected chi connectivity index (χ0v) is 16.2. The summed E-state index contributed by atoms with van der Waals surface area (Å²) in [6, 6.07) is 15.1. The Kier molecular flexibility index (Phi) is 5.08. The van der Waals surface area contributed by atoms with Crippen LogP contribution in [-0.2, 0) is 15.8 Å². The number of nitrogens with one attached hydrogen (secondary N) is 1. The molecule has 0 spiro atoms. The molecule has 142 valence electrons. The lowest BCUT2D eigenvalue weighted by Crippen LogP contribution is -2.40. The first-order valence-electron chi connectivity index (χ1n) is 8.84. The maximum atomic E-state index is 12.4.